The number of nitrogens with two attached hydrogens (primary N) is 1. The normalized spacial score (nSPS) is 10.2. The van der Waals surface area contributed by atoms with Crippen molar-refractivity contribution in [3.63, 3.8) is 0 Å². The first-order valence-electron chi connectivity index (χ1n) is 3.88. The summed E-state index contributed by atoms with van der Waals surface area (Å²) in [4.78, 5) is 7.96. The van der Waals surface area contributed by atoms with Crippen molar-refractivity contribution in [1.29, 1.82) is 0 Å². The Hall–Kier alpha value is -1.84. The smallest absolute Gasteiger partial charge is 0.181 e. The molecule has 2 heterocycles. The molecule has 2 N–H and O–H groups in total. The third kappa shape index (κ3) is 1.38. The fourth-order valence-electron chi connectivity index (χ4n) is 1.16. The number of hydrogen-bond acceptors (Lipinski definition) is 4. The van der Waals surface area contributed by atoms with E-state index < -0.39 is 0 Å². The van der Waals surface area contributed by atoms with Crippen LogP contribution >= 0.6 is 0 Å². The molecule has 2 aromatic rings. The number of nitrogen functional groups attached to an aromatic ring is 1. The van der Waals surface area contributed by atoms with E-state index in [1.54, 1.807) is 18.5 Å². The minimum atomic E-state index is 0.619. The second-order valence-electron chi connectivity index (χ2n) is 2.77. The fraction of sp³-hybridized carbons (Fsp3) is 0.111. The lowest BCUT2D eigenvalue weighted by molar-refractivity contribution is 0.571. The van der Waals surface area contributed by atoms with Gasteiger partial charge in [-0.2, -0.15) is 0 Å². The molecule has 0 amide bonds. The van der Waals surface area contributed by atoms with Crippen molar-refractivity contribution < 1.29 is 4.42 Å². The van der Waals surface area contributed by atoms with Gasteiger partial charge in [0.2, 0.25) is 0 Å². The summed E-state index contributed by atoms with van der Waals surface area (Å²) < 4.78 is 5.20. The van der Waals surface area contributed by atoms with E-state index in [2.05, 4.69) is 9.97 Å². The van der Waals surface area contributed by atoms with Crippen LogP contribution in [0.25, 0.3) is 11.3 Å². The molecule has 0 aliphatic heterocycles. The van der Waals surface area contributed by atoms with Gasteiger partial charge in [0.1, 0.15) is 0 Å². The lowest BCUT2D eigenvalue weighted by Gasteiger charge is -1.97. The number of aryl methyl sites for hydroxylation is 1. The van der Waals surface area contributed by atoms with E-state index in [1.165, 1.54) is 6.39 Å². The van der Waals surface area contributed by atoms with E-state index in [9.17, 15) is 0 Å². The molecular weight excluding hydrogens is 166 g/mol. The Kier molecular flexibility index (Phi) is 1.73. The van der Waals surface area contributed by atoms with Gasteiger partial charge in [0.25, 0.3) is 0 Å². The summed E-state index contributed by atoms with van der Waals surface area (Å²) in [6.45, 7) is 1.88. The monoisotopic (exact) mass is 175 g/mol. The van der Waals surface area contributed by atoms with Crippen molar-refractivity contribution in [1.82, 2.24) is 9.97 Å². The number of oxazole rings is 1. The van der Waals surface area contributed by atoms with E-state index >= 15 is 0 Å². The summed E-state index contributed by atoms with van der Waals surface area (Å²) >= 11 is 0. The van der Waals surface area contributed by atoms with Crippen molar-refractivity contribution >= 4 is 5.69 Å². The van der Waals surface area contributed by atoms with Gasteiger partial charge in [0.15, 0.2) is 12.2 Å². The first-order chi connectivity index (χ1) is 6.27. The van der Waals surface area contributed by atoms with Crippen LogP contribution in [0, 0.1) is 6.92 Å². The summed E-state index contributed by atoms with van der Waals surface area (Å²) in [6, 6.07) is 1.81. The zero-order valence-electron chi connectivity index (χ0n) is 7.19. The summed E-state index contributed by atoms with van der Waals surface area (Å²) in [5.74, 6) is 0.722. The van der Waals surface area contributed by atoms with Gasteiger partial charge in [-0.15, -0.1) is 0 Å². The SMILES string of the molecule is Cc1ncoc1-c1cncc(N)c1. The average molecular weight is 175 g/mol. The number of rotatable bonds is 1. The van der Waals surface area contributed by atoms with Gasteiger partial charge in [0, 0.05) is 18.0 Å². The van der Waals surface area contributed by atoms with Crippen LogP contribution in [0.5, 0.6) is 0 Å². The van der Waals surface area contributed by atoms with Crippen molar-refractivity contribution in [3.05, 3.63) is 30.5 Å². The minimum Gasteiger partial charge on any atom is -0.443 e. The Bertz CT molecular complexity index is 422. The lowest BCUT2D eigenvalue weighted by atomic mass is 10.2. The number of aromatic nitrogens is 2. The van der Waals surface area contributed by atoms with Crippen LogP contribution in [0.2, 0.25) is 0 Å². The molecule has 0 aliphatic rings. The molecule has 0 aromatic carbocycles. The summed E-state index contributed by atoms with van der Waals surface area (Å²) in [5, 5.41) is 0. The Morgan fingerprint density at radius 1 is 1.38 bits per heavy atom. The zero-order valence-corrected chi connectivity index (χ0v) is 7.19. The maximum Gasteiger partial charge on any atom is 0.181 e. The minimum absolute atomic E-state index is 0.619. The molecule has 0 saturated carbocycles. The van der Waals surface area contributed by atoms with Crippen LogP contribution in [0.15, 0.2) is 29.3 Å². The van der Waals surface area contributed by atoms with Crippen LogP contribution < -0.4 is 5.73 Å². The molecule has 0 spiro atoms. The number of anilines is 1. The van der Waals surface area contributed by atoms with Crippen LogP contribution in [-0.4, -0.2) is 9.97 Å². The highest BCUT2D eigenvalue weighted by Crippen LogP contribution is 2.22. The molecule has 0 fully saturated rings. The zero-order chi connectivity index (χ0) is 9.26. The maximum atomic E-state index is 5.59. The topological polar surface area (TPSA) is 64.9 Å². The average Bonchev–Trinajstić information content (AvgIpc) is 2.51. The first kappa shape index (κ1) is 7.79. The van der Waals surface area contributed by atoms with E-state index in [-0.39, 0.29) is 0 Å². The molecule has 0 saturated heterocycles. The Morgan fingerprint density at radius 2 is 2.23 bits per heavy atom. The summed E-state index contributed by atoms with van der Waals surface area (Å²) in [6.07, 6.45) is 4.70. The van der Waals surface area contributed by atoms with Gasteiger partial charge in [-0.05, 0) is 13.0 Å². The molecular formula is C9H9N3O. The van der Waals surface area contributed by atoms with Crippen molar-refractivity contribution in [2.75, 3.05) is 5.73 Å². The molecule has 66 valence electrons. The van der Waals surface area contributed by atoms with Crippen LogP contribution in [0.4, 0.5) is 5.69 Å². The highest BCUT2D eigenvalue weighted by Gasteiger charge is 2.06. The highest BCUT2D eigenvalue weighted by atomic mass is 16.3. The molecule has 0 radical (unpaired) electrons. The molecule has 0 unspecified atom stereocenters. The van der Waals surface area contributed by atoms with Crippen molar-refractivity contribution in [2.45, 2.75) is 6.92 Å². The summed E-state index contributed by atoms with van der Waals surface area (Å²) in [7, 11) is 0. The molecule has 4 heteroatoms. The number of nitrogens with zero attached hydrogens (tertiary/aromatic N) is 2. The van der Waals surface area contributed by atoms with Gasteiger partial charge in [-0.3, -0.25) is 4.98 Å². The molecule has 0 atom stereocenters. The second-order valence-corrected chi connectivity index (χ2v) is 2.77. The van der Waals surface area contributed by atoms with E-state index in [4.69, 9.17) is 10.2 Å². The van der Waals surface area contributed by atoms with E-state index in [1.807, 2.05) is 6.92 Å². The van der Waals surface area contributed by atoms with Crippen LogP contribution in [-0.2, 0) is 0 Å². The van der Waals surface area contributed by atoms with Gasteiger partial charge in [-0.25, -0.2) is 4.98 Å². The molecule has 0 aliphatic carbocycles. The van der Waals surface area contributed by atoms with Gasteiger partial charge < -0.3 is 10.2 Å². The van der Waals surface area contributed by atoms with E-state index in [0.717, 1.165) is 17.0 Å². The van der Waals surface area contributed by atoms with Crippen LogP contribution in [0.1, 0.15) is 5.69 Å². The van der Waals surface area contributed by atoms with Crippen LogP contribution in [0.3, 0.4) is 0 Å². The Morgan fingerprint density at radius 3 is 2.85 bits per heavy atom. The largest absolute Gasteiger partial charge is 0.443 e. The Labute approximate surface area is 75.4 Å². The molecule has 2 aromatic heterocycles. The number of pyridine rings is 1. The number of hydrogen-bond donors (Lipinski definition) is 1. The molecule has 2 rings (SSSR count). The van der Waals surface area contributed by atoms with Gasteiger partial charge in [-0.1, -0.05) is 0 Å². The standard InChI is InChI=1S/C9H9N3O/c1-6-9(13-5-12-6)7-2-8(10)4-11-3-7/h2-5H,10H2,1H3. The molecule has 13 heavy (non-hydrogen) atoms. The van der Waals surface area contributed by atoms with Gasteiger partial charge in [0.05, 0.1) is 11.4 Å². The van der Waals surface area contributed by atoms with E-state index in [0.29, 0.717) is 5.69 Å². The lowest BCUT2D eigenvalue weighted by Crippen LogP contribution is -1.87. The molecule has 0 bridgehead atoms. The van der Waals surface area contributed by atoms with Crippen molar-refractivity contribution in [2.24, 2.45) is 0 Å². The quantitative estimate of drug-likeness (QED) is 0.715. The Balaban J connectivity index is 2.53. The van der Waals surface area contributed by atoms with Gasteiger partial charge >= 0.3 is 0 Å². The third-order valence-electron chi connectivity index (χ3n) is 1.77. The highest BCUT2D eigenvalue weighted by molar-refractivity contribution is 5.62. The molecule has 4 nitrogen and oxygen atoms in total. The predicted octanol–water partition coefficient (Wildman–Crippen LogP) is 1.63. The summed E-state index contributed by atoms with van der Waals surface area (Å²) in [5.41, 5.74) is 7.91. The third-order valence-corrected chi connectivity index (χ3v) is 1.77. The fourth-order valence-corrected chi connectivity index (χ4v) is 1.16. The first-order valence-corrected chi connectivity index (χ1v) is 3.88. The maximum absolute atomic E-state index is 5.59. The second kappa shape index (κ2) is 2.90. The predicted molar refractivity (Wildman–Crippen MR) is 48.9 cm³/mol. The van der Waals surface area contributed by atoms with Crippen molar-refractivity contribution in [3.8, 4) is 11.3 Å².